The number of carbonyl (C=O) groups excluding carboxylic acids is 1. The van der Waals surface area contributed by atoms with Gasteiger partial charge in [-0.05, 0) is 29.8 Å². The van der Waals surface area contributed by atoms with Gasteiger partial charge in [-0.3, -0.25) is 0 Å². The monoisotopic (exact) mass is 383 g/mol. The van der Waals surface area contributed by atoms with Crippen LogP contribution in [0.1, 0.15) is 23.1 Å². The maximum atomic E-state index is 12.4. The number of nitrogens with one attached hydrogen (secondary N) is 1. The van der Waals surface area contributed by atoms with Crippen LogP contribution in [0.4, 0.5) is 11.4 Å². The molecule has 5 nitrogen and oxygen atoms in total. The van der Waals surface area contributed by atoms with Gasteiger partial charge in [-0.25, -0.2) is 4.79 Å². The van der Waals surface area contributed by atoms with E-state index in [0.717, 1.165) is 22.5 Å². The summed E-state index contributed by atoms with van der Waals surface area (Å²) in [5.74, 6) is -0.602. The van der Waals surface area contributed by atoms with E-state index in [2.05, 4.69) is 10.4 Å². The molecule has 1 aliphatic heterocycles. The summed E-state index contributed by atoms with van der Waals surface area (Å²) in [5, 5.41) is 12.4. The molecule has 4 rings (SSSR count). The fourth-order valence-electron chi connectivity index (χ4n) is 3.46. The summed E-state index contributed by atoms with van der Waals surface area (Å²) in [6.45, 7) is 0. The molecule has 0 aliphatic carbocycles. The van der Waals surface area contributed by atoms with Crippen molar-refractivity contribution >= 4 is 17.3 Å². The highest BCUT2D eigenvalue weighted by molar-refractivity contribution is 5.92. The van der Waals surface area contributed by atoms with E-state index >= 15 is 0 Å². The van der Waals surface area contributed by atoms with Crippen molar-refractivity contribution < 1.29 is 9.53 Å². The molecular formula is C24H21N3O2. The van der Waals surface area contributed by atoms with Crippen molar-refractivity contribution in [1.29, 1.82) is 0 Å². The Hall–Kier alpha value is -3.73. The molecule has 2 atom stereocenters. The van der Waals surface area contributed by atoms with Gasteiger partial charge in [0.15, 0.2) is 0 Å². The highest BCUT2D eigenvalue weighted by Gasteiger charge is 2.30. The minimum atomic E-state index is -0.415. The van der Waals surface area contributed by atoms with Gasteiger partial charge in [0.2, 0.25) is 0 Å². The zero-order chi connectivity index (χ0) is 20.1. The largest absolute Gasteiger partial charge is 0.464 e. The first-order valence-electron chi connectivity index (χ1n) is 9.43. The minimum Gasteiger partial charge on any atom is -0.464 e. The van der Waals surface area contributed by atoms with Crippen LogP contribution >= 0.6 is 0 Å². The van der Waals surface area contributed by atoms with Gasteiger partial charge in [0.05, 0.1) is 12.8 Å². The molecule has 1 heterocycles. The first-order chi connectivity index (χ1) is 14.3. The Labute approximate surface area is 169 Å². The van der Waals surface area contributed by atoms with Crippen LogP contribution in [0.15, 0.2) is 107 Å². The summed E-state index contributed by atoms with van der Waals surface area (Å²) < 4.78 is 4.99. The van der Waals surface area contributed by atoms with E-state index in [1.807, 2.05) is 91.0 Å². The Kier molecular flexibility index (Phi) is 5.47. The van der Waals surface area contributed by atoms with E-state index in [-0.39, 0.29) is 12.0 Å². The highest BCUT2D eigenvalue weighted by Crippen LogP contribution is 2.42. The summed E-state index contributed by atoms with van der Waals surface area (Å²) in [6.07, 6.45) is 1.88. The molecule has 0 saturated carbocycles. The SMILES string of the molecule is COC(=O)C1=C[C@@H](c2ccccc2)[C@H](N=Nc2ccccc2)c2ccccc2N1. The van der Waals surface area contributed by atoms with E-state index in [1.54, 1.807) is 0 Å². The van der Waals surface area contributed by atoms with E-state index in [0.29, 0.717) is 5.70 Å². The minimum absolute atomic E-state index is 0.186. The molecule has 1 N–H and O–H groups in total. The van der Waals surface area contributed by atoms with Crippen LogP contribution in [0.3, 0.4) is 0 Å². The molecule has 3 aromatic carbocycles. The number of para-hydroxylation sites is 1. The molecule has 0 aromatic heterocycles. The third-order valence-electron chi connectivity index (χ3n) is 4.88. The predicted molar refractivity (Wildman–Crippen MR) is 113 cm³/mol. The third-order valence-corrected chi connectivity index (χ3v) is 4.88. The fraction of sp³-hybridized carbons (Fsp3) is 0.125. The van der Waals surface area contributed by atoms with Gasteiger partial charge in [0, 0.05) is 17.2 Å². The van der Waals surface area contributed by atoms with Gasteiger partial charge in [0.25, 0.3) is 0 Å². The quantitative estimate of drug-likeness (QED) is 0.459. The van der Waals surface area contributed by atoms with Gasteiger partial charge in [-0.2, -0.15) is 10.2 Å². The second kappa shape index (κ2) is 8.52. The number of anilines is 1. The van der Waals surface area contributed by atoms with Gasteiger partial charge in [-0.1, -0.05) is 66.7 Å². The van der Waals surface area contributed by atoms with Crippen LogP contribution in [0.2, 0.25) is 0 Å². The number of azo groups is 1. The predicted octanol–water partition coefficient (Wildman–Crippen LogP) is 5.78. The molecule has 0 unspecified atom stereocenters. The normalized spacial score (nSPS) is 18.3. The number of hydrogen-bond acceptors (Lipinski definition) is 5. The lowest BCUT2D eigenvalue weighted by molar-refractivity contribution is -0.135. The Balaban J connectivity index is 1.86. The lowest BCUT2D eigenvalue weighted by atomic mass is 9.87. The number of nitrogens with zero attached hydrogens (tertiary/aromatic N) is 2. The molecule has 3 aromatic rings. The first-order valence-corrected chi connectivity index (χ1v) is 9.43. The smallest absolute Gasteiger partial charge is 0.354 e. The van der Waals surface area contributed by atoms with Gasteiger partial charge >= 0.3 is 5.97 Å². The standard InChI is InChI=1S/C24H21N3O2/c1-29-24(28)22-16-20(17-10-4-2-5-11-17)23(19-14-8-9-15-21(19)25-22)27-26-18-12-6-3-7-13-18/h2-16,20,23,25H,1H3/t20-,23+/m0/s1. The number of benzene rings is 3. The number of methoxy groups -OCH3 is 1. The molecule has 0 amide bonds. The van der Waals surface area contributed by atoms with Crippen molar-refractivity contribution in [2.24, 2.45) is 10.2 Å². The van der Waals surface area contributed by atoms with Crippen molar-refractivity contribution in [3.8, 4) is 0 Å². The summed E-state index contributed by atoms with van der Waals surface area (Å²) in [7, 11) is 1.38. The average Bonchev–Trinajstić information content (AvgIpc) is 2.95. The van der Waals surface area contributed by atoms with Crippen molar-refractivity contribution in [3.63, 3.8) is 0 Å². The topological polar surface area (TPSA) is 63.0 Å². The molecule has 0 bridgehead atoms. The highest BCUT2D eigenvalue weighted by atomic mass is 16.5. The Morgan fingerprint density at radius 2 is 1.55 bits per heavy atom. The second-order valence-corrected chi connectivity index (χ2v) is 6.72. The zero-order valence-electron chi connectivity index (χ0n) is 16.0. The van der Waals surface area contributed by atoms with Crippen molar-refractivity contribution in [2.75, 3.05) is 12.4 Å². The van der Waals surface area contributed by atoms with Crippen molar-refractivity contribution in [1.82, 2.24) is 0 Å². The van der Waals surface area contributed by atoms with Crippen molar-refractivity contribution in [3.05, 3.63) is 108 Å². The molecule has 5 heteroatoms. The molecule has 0 fully saturated rings. The van der Waals surface area contributed by atoms with Crippen molar-refractivity contribution in [2.45, 2.75) is 12.0 Å². The van der Waals surface area contributed by atoms with Gasteiger partial charge in [-0.15, -0.1) is 0 Å². The van der Waals surface area contributed by atoms with Crippen LogP contribution in [0.25, 0.3) is 0 Å². The average molecular weight is 383 g/mol. The summed E-state index contributed by atoms with van der Waals surface area (Å²) in [4.78, 5) is 12.4. The van der Waals surface area contributed by atoms with Gasteiger partial charge in [0.1, 0.15) is 11.7 Å². The summed E-state index contributed by atoms with van der Waals surface area (Å²) in [5.41, 5.74) is 4.01. The number of esters is 1. The first kappa shape index (κ1) is 18.6. The number of rotatable bonds is 4. The molecule has 29 heavy (non-hydrogen) atoms. The van der Waals surface area contributed by atoms with E-state index in [1.165, 1.54) is 7.11 Å². The lowest BCUT2D eigenvalue weighted by Crippen LogP contribution is -2.13. The fourth-order valence-corrected chi connectivity index (χ4v) is 3.46. The van der Waals surface area contributed by atoms with E-state index in [9.17, 15) is 4.79 Å². The Morgan fingerprint density at radius 3 is 2.28 bits per heavy atom. The summed E-state index contributed by atoms with van der Waals surface area (Å²) >= 11 is 0. The molecular weight excluding hydrogens is 362 g/mol. The van der Waals surface area contributed by atoms with Crippen LogP contribution in [0, 0.1) is 0 Å². The van der Waals surface area contributed by atoms with Crippen LogP contribution in [-0.2, 0) is 9.53 Å². The number of hydrogen-bond donors (Lipinski definition) is 1. The lowest BCUT2D eigenvalue weighted by Gasteiger charge is -2.21. The Bertz CT molecular complexity index is 1050. The molecule has 0 spiro atoms. The molecule has 1 aliphatic rings. The van der Waals surface area contributed by atoms with Crippen LogP contribution < -0.4 is 5.32 Å². The van der Waals surface area contributed by atoms with Crippen LogP contribution in [0.5, 0.6) is 0 Å². The maximum absolute atomic E-state index is 12.4. The number of ether oxygens (including phenoxy) is 1. The molecule has 0 radical (unpaired) electrons. The number of fused-ring (bicyclic) bond motifs is 1. The van der Waals surface area contributed by atoms with Gasteiger partial charge < -0.3 is 10.1 Å². The second-order valence-electron chi connectivity index (χ2n) is 6.72. The maximum Gasteiger partial charge on any atom is 0.354 e. The molecule has 144 valence electrons. The third kappa shape index (κ3) is 4.09. The Morgan fingerprint density at radius 1 is 0.897 bits per heavy atom. The molecule has 0 saturated heterocycles. The van der Waals surface area contributed by atoms with E-state index in [4.69, 9.17) is 9.85 Å². The summed E-state index contributed by atoms with van der Waals surface area (Å²) in [6, 6.07) is 27.2. The van der Waals surface area contributed by atoms with E-state index < -0.39 is 5.97 Å². The zero-order valence-corrected chi connectivity index (χ0v) is 16.0. The van der Waals surface area contributed by atoms with Crippen LogP contribution in [-0.4, -0.2) is 13.1 Å². The number of carbonyl (C=O) groups is 1.